The molecule has 1 fully saturated rings. The van der Waals surface area contributed by atoms with Gasteiger partial charge in [-0.1, -0.05) is 41.4 Å². The number of nitrogens with zero attached hydrogens (tertiary/aromatic N) is 1. The van der Waals surface area contributed by atoms with E-state index in [1.165, 1.54) is 7.11 Å². The molecule has 0 radical (unpaired) electrons. The molecule has 3 aromatic carbocycles. The third-order valence-electron chi connectivity index (χ3n) is 5.62. The molecule has 0 saturated carbocycles. The summed E-state index contributed by atoms with van der Waals surface area (Å²) in [7, 11) is 1.36. The van der Waals surface area contributed by atoms with Crippen molar-refractivity contribution in [2.45, 2.75) is 19.9 Å². The van der Waals surface area contributed by atoms with E-state index in [1.54, 1.807) is 37.3 Å². The number of hydrogen-bond donors (Lipinski definition) is 1. The van der Waals surface area contributed by atoms with Crippen molar-refractivity contribution in [3.8, 4) is 5.75 Å². The quantitative estimate of drug-likeness (QED) is 0.286. The minimum atomic E-state index is -1.18. The highest BCUT2D eigenvalue weighted by Crippen LogP contribution is 2.45. The number of aliphatic hydroxyl groups is 1. The van der Waals surface area contributed by atoms with Crippen LogP contribution in [-0.4, -0.2) is 23.9 Å². The van der Waals surface area contributed by atoms with Crippen LogP contribution >= 0.6 is 11.6 Å². The summed E-state index contributed by atoms with van der Waals surface area (Å²) >= 11 is 6.28. The van der Waals surface area contributed by atoms with Crippen LogP contribution in [0.25, 0.3) is 5.76 Å². The summed E-state index contributed by atoms with van der Waals surface area (Å²) in [6.07, 6.45) is 0. The van der Waals surface area contributed by atoms with E-state index in [-0.39, 0.29) is 27.6 Å². The normalized spacial score (nSPS) is 17.4. The van der Waals surface area contributed by atoms with Gasteiger partial charge >= 0.3 is 0 Å². The SMILES string of the molecule is COc1c(Cl)cc(C)cc1/C(O)=C1\C(=O)C(=O)N(c2ccc(F)cc2F)C1c1cccc(C)c1. The molecule has 5 nitrogen and oxygen atoms in total. The molecule has 0 bridgehead atoms. The molecule has 1 saturated heterocycles. The number of benzene rings is 3. The molecule has 1 unspecified atom stereocenters. The van der Waals surface area contributed by atoms with Gasteiger partial charge in [0.25, 0.3) is 11.7 Å². The second kappa shape index (κ2) is 8.91. The van der Waals surface area contributed by atoms with E-state index in [9.17, 15) is 23.5 Å². The lowest BCUT2D eigenvalue weighted by Gasteiger charge is -2.26. The van der Waals surface area contributed by atoms with Crippen LogP contribution in [0.15, 0.2) is 60.2 Å². The predicted molar refractivity (Wildman–Crippen MR) is 125 cm³/mol. The Labute approximate surface area is 199 Å². The summed E-state index contributed by atoms with van der Waals surface area (Å²) in [5, 5.41) is 11.5. The Bertz CT molecular complexity index is 1370. The number of hydrogen-bond acceptors (Lipinski definition) is 4. The number of amides is 1. The number of rotatable bonds is 4. The molecule has 0 spiro atoms. The summed E-state index contributed by atoms with van der Waals surface area (Å²) in [5.74, 6) is -4.33. The van der Waals surface area contributed by atoms with Crippen molar-refractivity contribution in [1.29, 1.82) is 0 Å². The summed E-state index contributed by atoms with van der Waals surface area (Å²) in [6.45, 7) is 3.56. The van der Waals surface area contributed by atoms with Crippen molar-refractivity contribution in [1.82, 2.24) is 0 Å². The number of aliphatic hydroxyl groups excluding tert-OH is 1. The first-order valence-electron chi connectivity index (χ1n) is 10.3. The van der Waals surface area contributed by atoms with Crippen molar-refractivity contribution in [3.63, 3.8) is 0 Å². The lowest BCUT2D eigenvalue weighted by molar-refractivity contribution is -0.132. The Morgan fingerprint density at radius 1 is 1.03 bits per heavy atom. The fourth-order valence-corrected chi connectivity index (χ4v) is 4.52. The molecule has 174 valence electrons. The minimum absolute atomic E-state index is 0.114. The molecule has 1 aliphatic rings. The first kappa shape index (κ1) is 23.4. The summed E-state index contributed by atoms with van der Waals surface area (Å²) < 4.78 is 33.7. The lowest BCUT2D eigenvalue weighted by atomic mass is 9.93. The highest BCUT2D eigenvalue weighted by molar-refractivity contribution is 6.51. The zero-order valence-corrected chi connectivity index (χ0v) is 19.3. The number of ether oxygens (including phenoxy) is 1. The van der Waals surface area contributed by atoms with Gasteiger partial charge in [-0.3, -0.25) is 14.5 Å². The summed E-state index contributed by atoms with van der Waals surface area (Å²) in [4.78, 5) is 27.3. The van der Waals surface area contributed by atoms with Crippen LogP contribution in [0.2, 0.25) is 5.02 Å². The van der Waals surface area contributed by atoms with Crippen molar-refractivity contribution in [2.75, 3.05) is 12.0 Å². The molecule has 1 amide bonds. The minimum Gasteiger partial charge on any atom is -0.507 e. The molecule has 1 heterocycles. The zero-order chi connectivity index (χ0) is 24.7. The van der Waals surface area contributed by atoms with Gasteiger partial charge in [0.2, 0.25) is 0 Å². The maximum Gasteiger partial charge on any atom is 0.300 e. The molecule has 0 aromatic heterocycles. The standard InChI is InChI=1S/C26H20ClF2NO4/c1-13-5-4-6-15(9-13)22-21(23(31)17-10-14(2)11-18(27)25(17)34-3)24(32)26(33)30(22)20-8-7-16(28)12-19(20)29/h4-12,22,31H,1-3H3/b23-21+. The zero-order valence-electron chi connectivity index (χ0n) is 18.5. The van der Waals surface area contributed by atoms with Crippen LogP contribution in [0, 0.1) is 25.5 Å². The summed E-state index contributed by atoms with van der Waals surface area (Å²) in [5.41, 5.74) is 1.52. The summed E-state index contributed by atoms with van der Waals surface area (Å²) in [6, 6.07) is 11.6. The average Bonchev–Trinajstić information content (AvgIpc) is 3.03. The first-order valence-corrected chi connectivity index (χ1v) is 10.7. The second-order valence-electron chi connectivity index (χ2n) is 8.01. The Balaban J connectivity index is 2.04. The second-order valence-corrected chi connectivity index (χ2v) is 8.41. The molecule has 3 aromatic rings. The van der Waals surface area contributed by atoms with E-state index in [0.717, 1.165) is 22.6 Å². The lowest BCUT2D eigenvalue weighted by Crippen LogP contribution is -2.30. The van der Waals surface area contributed by atoms with Crippen LogP contribution in [0.3, 0.4) is 0 Å². The maximum atomic E-state index is 14.8. The average molecular weight is 484 g/mol. The van der Waals surface area contributed by atoms with Crippen molar-refractivity contribution >= 4 is 34.7 Å². The molecular weight excluding hydrogens is 464 g/mol. The van der Waals surface area contributed by atoms with Gasteiger partial charge in [0, 0.05) is 6.07 Å². The van der Waals surface area contributed by atoms with E-state index in [1.807, 2.05) is 13.0 Å². The van der Waals surface area contributed by atoms with Crippen LogP contribution in [0.4, 0.5) is 14.5 Å². The number of Topliss-reactive ketones (excluding diaryl/α,β-unsaturated/α-hetero) is 1. The van der Waals surface area contributed by atoms with Gasteiger partial charge in [-0.2, -0.15) is 0 Å². The van der Waals surface area contributed by atoms with Gasteiger partial charge in [-0.15, -0.1) is 0 Å². The van der Waals surface area contributed by atoms with Crippen LogP contribution < -0.4 is 9.64 Å². The van der Waals surface area contributed by atoms with Gasteiger partial charge in [0.1, 0.15) is 23.1 Å². The first-order chi connectivity index (χ1) is 16.1. The predicted octanol–water partition coefficient (Wildman–Crippen LogP) is 5.87. The molecule has 4 rings (SSSR count). The van der Waals surface area contributed by atoms with Gasteiger partial charge in [0.15, 0.2) is 0 Å². The van der Waals surface area contributed by atoms with Crippen LogP contribution in [0.5, 0.6) is 5.75 Å². The highest BCUT2D eigenvalue weighted by Gasteiger charge is 2.48. The number of ketones is 1. The third kappa shape index (κ3) is 3.92. The molecular formula is C26H20ClF2NO4. The van der Waals surface area contributed by atoms with E-state index >= 15 is 0 Å². The number of carbonyl (C=O) groups is 2. The Morgan fingerprint density at radius 2 is 1.76 bits per heavy atom. The monoisotopic (exact) mass is 483 g/mol. The van der Waals surface area contributed by atoms with E-state index in [0.29, 0.717) is 17.2 Å². The number of halogens is 3. The van der Waals surface area contributed by atoms with Crippen molar-refractivity contribution in [2.24, 2.45) is 0 Å². The Kier molecular flexibility index (Phi) is 6.15. The van der Waals surface area contributed by atoms with Crippen molar-refractivity contribution in [3.05, 3.63) is 99.1 Å². The fraction of sp³-hybridized carbons (Fsp3) is 0.154. The van der Waals surface area contributed by atoms with Crippen LogP contribution in [-0.2, 0) is 9.59 Å². The number of carbonyl (C=O) groups excluding carboxylic acids is 2. The van der Waals surface area contributed by atoms with Crippen LogP contribution in [0.1, 0.15) is 28.3 Å². The molecule has 34 heavy (non-hydrogen) atoms. The van der Waals surface area contributed by atoms with Gasteiger partial charge in [0.05, 0.1) is 35.0 Å². The molecule has 1 atom stereocenters. The number of methoxy groups -OCH3 is 1. The molecule has 1 aliphatic heterocycles. The van der Waals surface area contributed by atoms with Gasteiger partial charge in [-0.05, 0) is 49.2 Å². The topological polar surface area (TPSA) is 66.8 Å². The van der Waals surface area contributed by atoms with Gasteiger partial charge in [-0.25, -0.2) is 8.78 Å². The number of anilines is 1. The van der Waals surface area contributed by atoms with E-state index in [2.05, 4.69) is 0 Å². The van der Waals surface area contributed by atoms with Crippen molar-refractivity contribution < 1.29 is 28.2 Å². The highest BCUT2D eigenvalue weighted by atomic mass is 35.5. The fourth-order valence-electron chi connectivity index (χ4n) is 4.17. The van der Waals surface area contributed by atoms with E-state index < -0.39 is 35.1 Å². The number of aryl methyl sites for hydroxylation is 2. The maximum absolute atomic E-state index is 14.8. The Morgan fingerprint density at radius 3 is 2.41 bits per heavy atom. The third-order valence-corrected chi connectivity index (χ3v) is 5.90. The largest absolute Gasteiger partial charge is 0.507 e. The molecule has 0 aliphatic carbocycles. The molecule has 1 N–H and O–H groups in total. The molecule has 8 heteroatoms. The van der Waals surface area contributed by atoms with E-state index in [4.69, 9.17) is 16.3 Å². The van der Waals surface area contributed by atoms with Gasteiger partial charge < -0.3 is 9.84 Å². The Hall–Kier alpha value is -3.71. The smallest absolute Gasteiger partial charge is 0.300 e.